The summed E-state index contributed by atoms with van der Waals surface area (Å²) in [6, 6.07) is 4.04. The predicted molar refractivity (Wildman–Crippen MR) is 100 cm³/mol. The van der Waals surface area contributed by atoms with E-state index >= 15 is 0 Å². The minimum absolute atomic E-state index is 0.0995. The standard InChI is InChI=1S/C20H26ClNO3/c1-24-18-13-14(12-16(21)20(18)25-2)9-10-19(23)22-11-5-7-15-6-3-4-8-17(15)22/h9-10,12-13,15,17H,3-8,11H2,1-2H3/b10-9+. The maximum atomic E-state index is 12.7. The number of rotatable bonds is 4. The summed E-state index contributed by atoms with van der Waals surface area (Å²) >= 11 is 6.23. The monoisotopic (exact) mass is 363 g/mol. The van der Waals surface area contributed by atoms with Gasteiger partial charge in [-0.15, -0.1) is 0 Å². The Morgan fingerprint density at radius 2 is 1.92 bits per heavy atom. The fourth-order valence-corrected chi connectivity index (χ4v) is 4.49. The molecule has 0 N–H and O–H groups in total. The number of halogens is 1. The van der Waals surface area contributed by atoms with Crippen LogP contribution in [-0.4, -0.2) is 37.6 Å². The number of carbonyl (C=O) groups is 1. The van der Waals surface area contributed by atoms with Crippen molar-refractivity contribution >= 4 is 23.6 Å². The van der Waals surface area contributed by atoms with E-state index in [4.69, 9.17) is 21.1 Å². The van der Waals surface area contributed by atoms with Crippen molar-refractivity contribution in [1.82, 2.24) is 4.90 Å². The Hall–Kier alpha value is -1.68. The van der Waals surface area contributed by atoms with Gasteiger partial charge in [0.05, 0.1) is 19.2 Å². The first kappa shape index (κ1) is 18.1. The van der Waals surface area contributed by atoms with E-state index in [0.717, 1.165) is 24.9 Å². The van der Waals surface area contributed by atoms with E-state index in [0.29, 0.717) is 28.5 Å². The topological polar surface area (TPSA) is 38.8 Å². The zero-order valence-corrected chi connectivity index (χ0v) is 15.7. The van der Waals surface area contributed by atoms with Crippen LogP contribution in [0.15, 0.2) is 18.2 Å². The van der Waals surface area contributed by atoms with Crippen LogP contribution in [0.25, 0.3) is 6.08 Å². The van der Waals surface area contributed by atoms with Gasteiger partial charge in [0.25, 0.3) is 0 Å². The van der Waals surface area contributed by atoms with E-state index in [9.17, 15) is 4.79 Å². The summed E-state index contributed by atoms with van der Waals surface area (Å²) in [6.45, 7) is 0.872. The van der Waals surface area contributed by atoms with E-state index in [1.807, 2.05) is 12.1 Å². The number of hydrogen-bond acceptors (Lipinski definition) is 3. The number of nitrogens with zero attached hydrogens (tertiary/aromatic N) is 1. The highest BCUT2D eigenvalue weighted by Crippen LogP contribution is 2.37. The highest BCUT2D eigenvalue weighted by atomic mass is 35.5. The number of likely N-dealkylation sites (tertiary alicyclic amines) is 1. The Balaban J connectivity index is 1.75. The van der Waals surface area contributed by atoms with Crippen molar-refractivity contribution in [3.05, 3.63) is 28.8 Å². The van der Waals surface area contributed by atoms with E-state index < -0.39 is 0 Å². The molecule has 1 saturated heterocycles. The van der Waals surface area contributed by atoms with Crippen molar-refractivity contribution in [1.29, 1.82) is 0 Å². The number of hydrogen-bond donors (Lipinski definition) is 0. The smallest absolute Gasteiger partial charge is 0.246 e. The van der Waals surface area contributed by atoms with Gasteiger partial charge >= 0.3 is 0 Å². The first-order chi connectivity index (χ1) is 12.1. The zero-order chi connectivity index (χ0) is 17.8. The Kier molecular flexibility index (Phi) is 5.89. The third kappa shape index (κ3) is 3.95. The highest BCUT2D eigenvalue weighted by molar-refractivity contribution is 6.32. The fourth-order valence-electron chi connectivity index (χ4n) is 4.20. The van der Waals surface area contributed by atoms with Crippen LogP contribution in [0.2, 0.25) is 5.02 Å². The molecule has 4 nitrogen and oxygen atoms in total. The molecule has 2 unspecified atom stereocenters. The molecule has 0 bridgehead atoms. The van der Waals surface area contributed by atoms with Gasteiger partial charge in [0.1, 0.15) is 0 Å². The zero-order valence-electron chi connectivity index (χ0n) is 15.0. The molecule has 1 aliphatic carbocycles. The lowest BCUT2D eigenvalue weighted by molar-refractivity contribution is -0.132. The van der Waals surface area contributed by atoms with Crippen molar-refractivity contribution in [3.8, 4) is 11.5 Å². The van der Waals surface area contributed by atoms with Crippen LogP contribution >= 0.6 is 11.6 Å². The molecule has 1 heterocycles. The highest BCUT2D eigenvalue weighted by Gasteiger charge is 2.34. The molecule has 0 radical (unpaired) electrons. The van der Waals surface area contributed by atoms with Gasteiger partial charge in [-0.25, -0.2) is 0 Å². The average Bonchev–Trinajstić information content (AvgIpc) is 2.65. The summed E-state index contributed by atoms with van der Waals surface area (Å²) in [5.41, 5.74) is 0.827. The summed E-state index contributed by atoms with van der Waals surface area (Å²) in [5, 5.41) is 0.472. The molecule has 1 amide bonds. The maximum Gasteiger partial charge on any atom is 0.246 e. The average molecular weight is 364 g/mol. The van der Waals surface area contributed by atoms with E-state index in [1.165, 1.54) is 25.7 Å². The molecule has 2 atom stereocenters. The van der Waals surface area contributed by atoms with Crippen LogP contribution in [0.3, 0.4) is 0 Å². The third-order valence-electron chi connectivity index (χ3n) is 5.40. The number of piperidine rings is 1. The summed E-state index contributed by atoms with van der Waals surface area (Å²) in [7, 11) is 3.13. The van der Waals surface area contributed by atoms with Gasteiger partial charge in [-0.05, 0) is 55.4 Å². The largest absolute Gasteiger partial charge is 0.493 e. The van der Waals surface area contributed by atoms with E-state index in [-0.39, 0.29) is 5.91 Å². The van der Waals surface area contributed by atoms with Crippen LogP contribution in [0, 0.1) is 5.92 Å². The van der Waals surface area contributed by atoms with Crippen molar-refractivity contribution in [2.24, 2.45) is 5.92 Å². The van der Waals surface area contributed by atoms with Gasteiger partial charge in [-0.3, -0.25) is 4.79 Å². The molecule has 0 spiro atoms. The molecule has 1 saturated carbocycles. The van der Waals surface area contributed by atoms with E-state index in [1.54, 1.807) is 26.4 Å². The van der Waals surface area contributed by atoms with Crippen LogP contribution in [0.1, 0.15) is 44.1 Å². The first-order valence-corrected chi connectivity index (χ1v) is 9.42. The summed E-state index contributed by atoms with van der Waals surface area (Å²) < 4.78 is 10.6. The second kappa shape index (κ2) is 8.13. The summed E-state index contributed by atoms with van der Waals surface area (Å²) in [4.78, 5) is 14.8. The molecule has 1 aliphatic heterocycles. The minimum Gasteiger partial charge on any atom is -0.493 e. The Morgan fingerprint density at radius 1 is 1.16 bits per heavy atom. The summed E-state index contributed by atoms with van der Waals surface area (Å²) in [5.74, 6) is 1.86. The Labute approximate surface area is 154 Å². The maximum absolute atomic E-state index is 12.7. The van der Waals surface area contributed by atoms with Crippen LogP contribution in [0.5, 0.6) is 11.5 Å². The fraction of sp³-hybridized carbons (Fsp3) is 0.550. The van der Waals surface area contributed by atoms with Crippen LogP contribution in [-0.2, 0) is 4.79 Å². The van der Waals surface area contributed by atoms with Gasteiger partial charge in [-0.2, -0.15) is 0 Å². The first-order valence-electron chi connectivity index (χ1n) is 9.04. The van der Waals surface area contributed by atoms with Gasteiger partial charge in [-0.1, -0.05) is 24.4 Å². The Morgan fingerprint density at radius 3 is 2.68 bits per heavy atom. The lowest BCUT2D eigenvalue weighted by Crippen LogP contribution is -2.49. The van der Waals surface area contributed by atoms with Gasteiger partial charge in [0.15, 0.2) is 11.5 Å². The Bertz CT molecular complexity index is 657. The van der Waals surface area contributed by atoms with Crippen LogP contribution in [0.4, 0.5) is 0 Å². The minimum atomic E-state index is 0.0995. The van der Waals surface area contributed by atoms with Crippen molar-refractivity contribution < 1.29 is 14.3 Å². The van der Waals surface area contributed by atoms with Gasteiger partial charge < -0.3 is 14.4 Å². The van der Waals surface area contributed by atoms with Gasteiger partial charge in [0, 0.05) is 18.7 Å². The summed E-state index contributed by atoms with van der Waals surface area (Å²) in [6.07, 6.45) is 10.8. The lowest BCUT2D eigenvalue weighted by atomic mass is 9.78. The number of ether oxygens (including phenoxy) is 2. The normalized spacial score (nSPS) is 23.4. The van der Waals surface area contributed by atoms with Crippen molar-refractivity contribution in [2.45, 2.75) is 44.6 Å². The molecule has 2 fully saturated rings. The van der Waals surface area contributed by atoms with Crippen LogP contribution < -0.4 is 9.47 Å². The number of benzene rings is 1. The molecular weight excluding hydrogens is 338 g/mol. The number of fused-ring (bicyclic) bond motifs is 1. The second-order valence-electron chi connectivity index (χ2n) is 6.86. The molecule has 0 aromatic heterocycles. The number of carbonyl (C=O) groups excluding carboxylic acids is 1. The molecule has 136 valence electrons. The third-order valence-corrected chi connectivity index (χ3v) is 5.68. The quantitative estimate of drug-likeness (QED) is 0.736. The second-order valence-corrected chi connectivity index (χ2v) is 7.26. The molecule has 2 aliphatic rings. The van der Waals surface area contributed by atoms with Crippen molar-refractivity contribution in [3.63, 3.8) is 0 Å². The molecule has 1 aromatic rings. The number of methoxy groups -OCH3 is 2. The molecule has 5 heteroatoms. The SMILES string of the molecule is COc1cc(/C=C/C(=O)N2CCCC3CCCCC32)cc(Cl)c1OC. The van der Waals surface area contributed by atoms with Gasteiger partial charge in [0.2, 0.25) is 5.91 Å². The molecule has 25 heavy (non-hydrogen) atoms. The number of amides is 1. The van der Waals surface area contributed by atoms with E-state index in [2.05, 4.69) is 4.90 Å². The molecule has 3 rings (SSSR count). The molecular formula is C20H26ClNO3. The molecule has 1 aromatic carbocycles. The predicted octanol–water partition coefficient (Wildman–Crippen LogP) is 4.55. The van der Waals surface area contributed by atoms with Crippen molar-refractivity contribution in [2.75, 3.05) is 20.8 Å². The lowest BCUT2D eigenvalue weighted by Gasteiger charge is -2.43.